The van der Waals surface area contributed by atoms with Crippen molar-refractivity contribution in [2.45, 2.75) is 49.0 Å². The molecule has 20 heteroatoms. The van der Waals surface area contributed by atoms with E-state index in [0.717, 1.165) is 0 Å². The van der Waals surface area contributed by atoms with Crippen molar-refractivity contribution in [3.8, 4) is 0 Å². The van der Waals surface area contributed by atoms with Crippen molar-refractivity contribution in [3.05, 3.63) is 0 Å². The van der Waals surface area contributed by atoms with Crippen molar-refractivity contribution in [1.82, 2.24) is 0 Å². The van der Waals surface area contributed by atoms with Crippen molar-refractivity contribution in [2.75, 3.05) is 26.7 Å². The van der Waals surface area contributed by atoms with Gasteiger partial charge in [0.2, 0.25) is 0 Å². The van der Waals surface area contributed by atoms with Gasteiger partial charge in [0.15, 0.2) is 20.2 Å². The van der Waals surface area contributed by atoms with Crippen molar-refractivity contribution in [1.29, 1.82) is 0 Å². The third-order valence-electron chi connectivity index (χ3n) is 3.95. The molecule has 0 spiro atoms. The summed E-state index contributed by atoms with van der Waals surface area (Å²) in [6.45, 7) is 6.44. The Kier molecular flexibility index (Phi) is 13.5. The zero-order valence-electron chi connectivity index (χ0n) is 16.1. The van der Waals surface area contributed by atoms with Gasteiger partial charge in [0.05, 0.1) is 26.7 Å². The summed E-state index contributed by atoms with van der Waals surface area (Å²) in [5, 5.41) is -12.4. The van der Waals surface area contributed by atoms with Crippen molar-refractivity contribution >= 4 is 20.2 Å². The Morgan fingerprint density at radius 3 is 1.03 bits per heavy atom. The SMILES string of the molecule is CC[N+]1(C)CCCCC1.O=S(=O)([O-])C(F)(F)C(F)(F)F.O=S(=O)([O-])C(F)(F)C(F)(F)F.[Ir]. The van der Waals surface area contributed by atoms with Crippen LogP contribution in [0, 0.1) is 0 Å². The molecule has 0 aromatic heterocycles. The molecule has 1 heterocycles. The standard InChI is InChI=1S/C8H18N.2C2HF5O3S.Ir/c1-3-9(2)7-5-4-6-8-9;2*3-1(4,5)2(6,7)11(8,9)10;/h3-8H2,1-2H3;2*(H,8,9,10);/q+1;;;/p-2. The van der Waals surface area contributed by atoms with Gasteiger partial charge in [0.1, 0.15) is 0 Å². The van der Waals surface area contributed by atoms with Crippen LogP contribution in [-0.2, 0) is 40.3 Å². The second-order valence-corrected chi connectivity index (χ2v) is 9.22. The molecular weight excluding hydrogens is 700 g/mol. The minimum absolute atomic E-state index is 0. The van der Waals surface area contributed by atoms with Crippen LogP contribution in [0.2, 0.25) is 0 Å². The van der Waals surface area contributed by atoms with E-state index in [0.29, 0.717) is 0 Å². The van der Waals surface area contributed by atoms with E-state index in [1.165, 1.54) is 43.4 Å². The fourth-order valence-corrected chi connectivity index (χ4v) is 2.44. The third kappa shape index (κ3) is 10.3. The summed E-state index contributed by atoms with van der Waals surface area (Å²) in [4.78, 5) is 0. The summed E-state index contributed by atoms with van der Waals surface area (Å²) in [7, 11) is -11.0. The first-order valence-corrected chi connectivity index (χ1v) is 10.7. The summed E-state index contributed by atoms with van der Waals surface area (Å²) >= 11 is 0. The fraction of sp³-hybridized carbons (Fsp3) is 1.00. The smallest absolute Gasteiger partial charge is 0.468 e. The molecule has 1 aliphatic rings. The number of hydrogen-bond donors (Lipinski definition) is 0. The first-order valence-electron chi connectivity index (χ1n) is 7.90. The Hall–Kier alpha value is -0.271. The number of likely N-dealkylation sites (tertiary alicyclic amines) is 1. The van der Waals surface area contributed by atoms with Crippen LogP contribution < -0.4 is 0 Å². The minimum Gasteiger partial charge on any atom is -0.743 e. The molecule has 0 aliphatic carbocycles. The van der Waals surface area contributed by atoms with Gasteiger partial charge in [-0.05, 0) is 26.2 Å². The molecule has 0 N–H and O–H groups in total. The maximum Gasteiger partial charge on any atom is 0.468 e. The van der Waals surface area contributed by atoms with Gasteiger partial charge in [-0.25, -0.2) is 16.8 Å². The molecule has 0 aromatic rings. The summed E-state index contributed by atoms with van der Waals surface area (Å²) in [5.74, 6) is 0. The van der Waals surface area contributed by atoms with Crippen molar-refractivity contribution in [2.24, 2.45) is 0 Å². The fourth-order valence-electron chi connectivity index (χ4n) is 1.88. The number of rotatable bonds is 3. The van der Waals surface area contributed by atoms with Crippen molar-refractivity contribution in [3.63, 3.8) is 0 Å². The molecule has 1 fully saturated rings. The zero-order chi connectivity index (χ0) is 25.7. The molecule has 1 saturated heterocycles. The molecule has 1 radical (unpaired) electrons. The van der Waals surface area contributed by atoms with Crippen LogP contribution in [0.15, 0.2) is 0 Å². The van der Waals surface area contributed by atoms with Gasteiger partial charge in [-0.1, -0.05) is 0 Å². The Morgan fingerprint density at radius 1 is 0.688 bits per heavy atom. The Labute approximate surface area is 190 Å². The normalized spacial score (nSPS) is 17.7. The van der Waals surface area contributed by atoms with E-state index in [4.69, 9.17) is 0 Å². The Morgan fingerprint density at radius 2 is 0.938 bits per heavy atom. The first kappa shape index (κ1) is 36.3. The molecule has 0 bridgehead atoms. The van der Waals surface area contributed by atoms with Crippen LogP contribution in [0.5, 0.6) is 0 Å². The quantitative estimate of drug-likeness (QED) is 0.252. The van der Waals surface area contributed by atoms with E-state index in [-0.39, 0.29) is 20.1 Å². The molecule has 199 valence electrons. The number of alkyl halides is 10. The first-order chi connectivity index (χ1) is 13.3. The summed E-state index contributed by atoms with van der Waals surface area (Å²) in [5.41, 5.74) is 0. The van der Waals surface area contributed by atoms with Crippen LogP contribution in [0.4, 0.5) is 43.9 Å². The second-order valence-electron chi connectivity index (χ2n) is 6.38. The molecule has 0 saturated carbocycles. The maximum absolute atomic E-state index is 11.4. The molecular formula is C12H18F10IrNO6S2-. The average Bonchev–Trinajstić information content (AvgIpc) is 2.52. The van der Waals surface area contributed by atoms with Gasteiger partial charge in [-0.15, -0.1) is 0 Å². The van der Waals surface area contributed by atoms with E-state index >= 15 is 0 Å². The maximum atomic E-state index is 11.4. The number of hydrogen-bond acceptors (Lipinski definition) is 6. The third-order valence-corrected chi connectivity index (χ3v) is 5.67. The van der Waals surface area contributed by atoms with Gasteiger partial charge >= 0.3 is 22.9 Å². The molecule has 7 nitrogen and oxygen atoms in total. The van der Waals surface area contributed by atoms with Crippen LogP contribution in [0.25, 0.3) is 0 Å². The van der Waals surface area contributed by atoms with Crippen LogP contribution in [-0.4, -0.2) is 80.0 Å². The Balaban J connectivity index is -0.000000390. The monoisotopic (exact) mass is 719 g/mol. The topological polar surface area (TPSA) is 114 Å². The predicted molar refractivity (Wildman–Crippen MR) is 81.7 cm³/mol. The van der Waals surface area contributed by atoms with Gasteiger partial charge in [-0.2, -0.15) is 43.9 Å². The predicted octanol–water partition coefficient (Wildman–Crippen LogP) is 3.01. The Bertz CT molecular complexity index is 723. The summed E-state index contributed by atoms with van der Waals surface area (Å²) in [6.07, 6.45) is -8.34. The van der Waals surface area contributed by atoms with E-state index < -0.39 is 43.1 Å². The van der Waals surface area contributed by atoms with Gasteiger partial charge in [-0.3, -0.25) is 0 Å². The molecule has 1 aliphatic heterocycles. The average molecular weight is 719 g/mol. The summed E-state index contributed by atoms with van der Waals surface area (Å²) in [6, 6.07) is 0. The molecule has 0 unspecified atom stereocenters. The van der Waals surface area contributed by atoms with Crippen molar-refractivity contribution < 1.29 is 94.4 Å². The van der Waals surface area contributed by atoms with Gasteiger partial charge in [0.25, 0.3) is 0 Å². The van der Waals surface area contributed by atoms with Crippen LogP contribution in [0.3, 0.4) is 0 Å². The van der Waals surface area contributed by atoms with E-state index in [1.54, 1.807) is 0 Å². The minimum atomic E-state index is -6.67. The van der Waals surface area contributed by atoms with Crippen LogP contribution >= 0.6 is 0 Å². The van der Waals surface area contributed by atoms with Gasteiger partial charge < -0.3 is 13.6 Å². The molecule has 0 aromatic carbocycles. The molecule has 1 rings (SSSR count). The molecule has 0 amide bonds. The number of halogens is 10. The van der Waals surface area contributed by atoms with E-state index in [2.05, 4.69) is 14.0 Å². The largest absolute Gasteiger partial charge is 0.743 e. The molecule has 32 heavy (non-hydrogen) atoms. The summed E-state index contributed by atoms with van der Waals surface area (Å²) < 4.78 is 169. The number of nitrogens with zero attached hydrogens (tertiary/aromatic N) is 1. The van der Waals surface area contributed by atoms with E-state index in [1.807, 2.05) is 0 Å². The van der Waals surface area contributed by atoms with Crippen LogP contribution in [0.1, 0.15) is 26.2 Å². The van der Waals surface area contributed by atoms with Gasteiger partial charge in [0, 0.05) is 20.1 Å². The molecule has 0 atom stereocenters. The van der Waals surface area contributed by atoms with E-state index in [9.17, 15) is 69.8 Å². The zero-order valence-corrected chi connectivity index (χ0v) is 20.1. The number of piperidine rings is 1. The second kappa shape index (κ2) is 11.9. The number of quaternary nitrogens is 1.